The number of benzene rings is 2. The molecule has 2 aromatic carbocycles. The number of Topliss-reactive ketones (excluding diaryl/α,β-unsaturated/α-hetero) is 1. The predicted octanol–water partition coefficient (Wildman–Crippen LogP) is 4.09. The first-order valence-corrected chi connectivity index (χ1v) is 6.46. The molecule has 0 unspecified atom stereocenters. The molecule has 0 saturated carbocycles. The van der Waals surface area contributed by atoms with Gasteiger partial charge in [-0.2, -0.15) is 0 Å². The lowest BCUT2D eigenvalue weighted by Crippen LogP contribution is -1.97. The number of rotatable bonds is 4. The number of aryl methyl sites for hydroxylation is 1. The molecule has 0 aromatic heterocycles. The smallest absolute Gasteiger partial charge is 0.185 e. The Balaban J connectivity index is 2.11. The fraction of sp³-hybridized carbons (Fsp3) is 0.111. The van der Waals surface area contributed by atoms with Crippen molar-refractivity contribution in [2.45, 2.75) is 13.8 Å². The number of carbonyl (C=O) groups is 2. The zero-order chi connectivity index (χ0) is 14.5. The van der Waals surface area contributed by atoms with Crippen LogP contribution < -0.4 is 0 Å². The molecule has 2 aromatic rings. The molecule has 0 radical (unpaired) electrons. The van der Waals surface area contributed by atoms with Crippen LogP contribution in [0.4, 0.5) is 0 Å². The molecule has 2 nitrogen and oxygen atoms in total. The maximum Gasteiger partial charge on any atom is 0.185 e. The molecule has 0 aliphatic heterocycles. The third-order valence-electron chi connectivity index (χ3n) is 3.08. The highest BCUT2D eigenvalue weighted by Gasteiger charge is 2.03. The maximum absolute atomic E-state index is 12.0. The van der Waals surface area contributed by atoms with Gasteiger partial charge in [0.25, 0.3) is 0 Å². The Morgan fingerprint density at radius 2 is 1.40 bits per heavy atom. The van der Waals surface area contributed by atoms with E-state index in [9.17, 15) is 9.59 Å². The molecule has 0 heterocycles. The Bertz CT molecular complexity index is 647. The first-order chi connectivity index (χ1) is 9.56. The summed E-state index contributed by atoms with van der Waals surface area (Å²) in [6, 6.07) is 14.7. The first-order valence-electron chi connectivity index (χ1n) is 6.46. The van der Waals surface area contributed by atoms with Gasteiger partial charge in [0.15, 0.2) is 11.6 Å². The molecule has 0 spiro atoms. The number of hydrogen-bond acceptors (Lipinski definition) is 2. The fourth-order valence-electron chi connectivity index (χ4n) is 1.81. The van der Waals surface area contributed by atoms with E-state index < -0.39 is 0 Å². The second-order valence-electron chi connectivity index (χ2n) is 4.74. The van der Waals surface area contributed by atoms with Crippen LogP contribution in [0, 0.1) is 6.92 Å². The molecule has 0 bridgehead atoms. The van der Waals surface area contributed by atoms with Crippen LogP contribution in [0.15, 0.2) is 54.6 Å². The number of ketones is 2. The van der Waals surface area contributed by atoms with E-state index in [0.29, 0.717) is 11.1 Å². The van der Waals surface area contributed by atoms with Gasteiger partial charge in [-0.05, 0) is 25.5 Å². The lowest BCUT2D eigenvalue weighted by molar-refractivity contribution is 0.101. The second kappa shape index (κ2) is 6.11. The Morgan fingerprint density at radius 1 is 0.850 bits per heavy atom. The zero-order valence-corrected chi connectivity index (χ0v) is 11.6. The van der Waals surface area contributed by atoms with Crippen LogP contribution in [0.2, 0.25) is 0 Å². The minimum Gasteiger partial charge on any atom is -0.295 e. The van der Waals surface area contributed by atoms with Crippen LogP contribution in [-0.4, -0.2) is 11.6 Å². The predicted molar refractivity (Wildman–Crippen MR) is 81.0 cm³/mol. The van der Waals surface area contributed by atoms with Crippen LogP contribution in [0.3, 0.4) is 0 Å². The highest BCUT2D eigenvalue weighted by atomic mass is 16.1. The van der Waals surface area contributed by atoms with Gasteiger partial charge >= 0.3 is 0 Å². The molecule has 100 valence electrons. The molecule has 0 aliphatic rings. The Morgan fingerprint density at radius 3 is 1.95 bits per heavy atom. The molecular formula is C18H16O2. The minimum absolute atomic E-state index is 0.000744. The topological polar surface area (TPSA) is 34.1 Å². The van der Waals surface area contributed by atoms with Gasteiger partial charge in [0.1, 0.15) is 0 Å². The highest BCUT2D eigenvalue weighted by Crippen LogP contribution is 2.09. The van der Waals surface area contributed by atoms with E-state index in [4.69, 9.17) is 0 Å². The van der Waals surface area contributed by atoms with Crippen molar-refractivity contribution in [2.75, 3.05) is 0 Å². The third-order valence-corrected chi connectivity index (χ3v) is 3.08. The second-order valence-corrected chi connectivity index (χ2v) is 4.74. The number of allylic oxidation sites excluding steroid dienone is 1. The van der Waals surface area contributed by atoms with E-state index in [-0.39, 0.29) is 11.6 Å². The summed E-state index contributed by atoms with van der Waals surface area (Å²) in [5.41, 5.74) is 3.38. The average molecular weight is 264 g/mol. The van der Waals surface area contributed by atoms with Crippen LogP contribution in [0.25, 0.3) is 6.08 Å². The van der Waals surface area contributed by atoms with Crippen molar-refractivity contribution in [3.05, 3.63) is 76.9 Å². The van der Waals surface area contributed by atoms with Crippen molar-refractivity contribution < 1.29 is 9.59 Å². The van der Waals surface area contributed by atoms with Gasteiger partial charge < -0.3 is 0 Å². The largest absolute Gasteiger partial charge is 0.295 e. The molecule has 0 atom stereocenters. The van der Waals surface area contributed by atoms with Crippen molar-refractivity contribution in [3.63, 3.8) is 0 Å². The summed E-state index contributed by atoms with van der Waals surface area (Å²) in [6.07, 6.45) is 3.34. The molecule has 0 amide bonds. The Kier molecular flexibility index (Phi) is 4.26. The van der Waals surface area contributed by atoms with Crippen LogP contribution >= 0.6 is 0 Å². The average Bonchev–Trinajstić information content (AvgIpc) is 2.46. The minimum atomic E-state index is -0.0688. The van der Waals surface area contributed by atoms with E-state index in [0.717, 1.165) is 5.56 Å². The monoisotopic (exact) mass is 264 g/mol. The van der Waals surface area contributed by atoms with E-state index in [1.165, 1.54) is 12.5 Å². The molecule has 2 heteroatoms. The summed E-state index contributed by atoms with van der Waals surface area (Å²) >= 11 is 0. The molecule has 0 N–H and O–H groups in total. The van der Waals surface area contributed by atoms with E-state index in [1.807, 2.05) is 31.2 Å². The molecule has 2 rings (SSSR count). The fourth-order valence-corrected chi connectivity index (χ4v) is 1.81. The SMILES string of the molecule is CC(=O)c1ccc(C(=O)/C=C/c2ccc(C)cc2)cc1. The van der Waals surface area contributed by atoms with Crippen molar-refractivity contribution >= 4 is 17.6 Å². The summed E-state index contributed by atoms with van der Waals surface area (Å²) < 4.78 is 0. The quantitative estimate of drug-likeness (QED) is 0.615. The summed E-state index contributed by atoms with van der Waals surface area (Å²) in [7, 11) is 0. The Labute approximate surface area is 118 Å². The van der Waals surface area contributed by atoms with Crippen molar-refractivity contribution in [2.24, 2.45) is 0 Å². The zero-order valence-electron chi connectivity index (χ0n) is 11.6. The van der Waals surface area contributed by atoms with Crippen LogP contribution in [-0.2, 0) is 0 Å². The summed E-state index contributed by atoms with van der Waals surface area (Å²) in [4.78, 5) is 23.2. The van der Waals surface area contributed by atoms with Crippen LogP contribution in [0.1, 0.15) is 38.8 Å². The summed E-state index contributed by atoms with van der Waals surface area (Å²) in [5, 5.41) is 0. The van der Waals surface area contributed by atoms with Gasteiger partial charge in [-0.25, -0.2) is 0 Å². The normalized spacial score (nSPS) is 10.7. The van der Waals surface area contributed by atoms with Gasteiger partial charge in [-0.1, -0.05) is 60.2 Å². The standard InChI is InChI=1S/C18H16O2/c1-13-3-5-15(6-4-13)7-12-18(20)17-10-8-16(9-11-17)14(2)19/h3-12H,1-2H3/b12-7+. The van der Waals surface area contributed by atoms with Crippen molar-refractivity contribution in [1.82, 2.24) is 0 Å². The molecule has 0 saturated heterocycles. The van der Waals surface area contributed by atoms with E-state index in [2.05, 4.69) is 0 Å². The lowest BCUT2D eigenvalue weighted by atomic mass is 10.1. The van der Waals surface area contributed by atoms with E-state index in [1.54, 1.807) is 36.4 Å². The van der Waals surface area contributed by atoms with Gasteiger partial charge in [-0.3, -0.25) is 9.59 Å². The molecule has 0 fully saturated rings. The van der Waals surface area contributed by atoms with Gasteiger partial charge in [-0.15, -0.1) is 0 Å². The molecule has 0 aliphatic carbocycles. The lowest BCUT2D eigenvalue weighted by Gasteiger charge is -1.98. The van der Waals surface area contributed by atoms with E-state index >= 15 is 0 Å². The summed E-state index contributed by atoms with van der Waals surface area (Å²) in [5.74, 6) is -0.0696. The first kappa shape index (κ1) is 13.9. The molecular weight excluding hydrogens is 248 g/mol. The molecule has 20 heavy (non-hydrogen) atoms. The van der Waals surface area contributed by atoms with Gasteiger partial charge in [0.05, 0.1) is 0 Å². The van der Waals surface area contributed by atoms with Gasteiger partial charge in [0, 0.05) is 11.1 Å². The van der Waals surface area contributed by atoms with Crippen molar-refractivity contribution in [3.8, 4) is 0 Å². The Hall–Kier alpha value is -2.48. The van der Waals surface area contributed by atoms with Crippen LogP contribution in [0.5, 0.6) is 0 Å². The third kappa shape index (κ3) is 3.51. The van der Waals surface area contributed by atoms with Crippen molar-refractivity contribution in [1.29, 1.82) is 0 Å². The summed E-state index contributed by atoms with van der Waals surface area (Å²) in [6.45, 7) is 3.53. The number of hydrogen-bond donors (Lipinski definition) is 0. The maximum atomic E-state index is 12.0. The number of carbonyl (C=O) groups excluding carboxylic acids is 2. The highest BCUT2D eigenvalue weighted by molar-refractivity contribution is 6.07. The van der Waals surface area contributed by atoms with Gasteiger partial charge in [0.2, 0.25) is 0 Å².